The molecule has 1 aliphatic rings. The number of carbonyl (C=O) groups is 3. The van der Waals surface area contributed by atoms with Gasteiger partial charge in [-0.3, -0.25) is 19.7 Å². The largest absolute Gasteiger partial charge is 0.496 e. The number of amides is 2. The highest BCUT2D eigenvalue weighted by atomic mass is 32.1. The molecule has 0 spiro atoms. The van der Waals surface area contributed by atoms with Gasteiger partial charge < -0.3 is 19.7 Å². The Morgan fingerprint density at radius 2 is 1.91 bits per heavy atom. The van der Waals surface area contributed by atoms with Crippen LogP contribution in [0.25, 0.3) is 6.08 Å². The molecule has 2 N–H and O–H groups in total. The lowest BCUT2D eigenvalue weighted by Gasteiger charge is -2.36. The molecule has 9 heteroatoms. The number of carbonyl (C=O) groups excluding carboxylic acids is 3. The zero-order chi connectivity index (χ0) is 25.0. The van der Waals surface area contributed by atoms with Crippen molar-refractivity contribution in [1.29, 1.82) is 0 Å². The van der Waals surface area contributed by atoms with Gasteiger partial charge in [0, 0.05) is 24.7 Å². The summed E-state index contributed by atoms with van der Waals surface area (Å²) in [6.07, 6.45) is 4.27. The number of ether oxygens (including phenoxy) is 2. The highest BCUT2D eigenvalue weighted by molar-refractivity contribution is 7.80. The number of nitrogens with zero attached hydrogens (tertiary/aromatic N) is 1. The maximum atomic E-state index is 12.5. The van der Waals surface area contributed by atoms with Crippen LogP contribution >= 0.6 is 12.2 Å². The molecule has 1 heterocycles. The maximum absolute atomic E-state index is 12.5. The van der Waals surface area contributed by atoms with Crippen LogP contribution in [0.4, 0.5) is 0 Å². The van der Waals surface area contributed by atoms with Crippen LogP contribution in [-0.4, -0.2) is 60.6 Å². The zero-order valence-electron chi connectivity index (χ0n) is 19.6. The predicted octanol–water partition coefficient (Wildman–Crippen LogP) is 2.48. The van der Waals surface area contributed by atoms with Crippen LogP contribution in [0.15, 0.2) is 60.7 Å². The normalized spacial score (nSPS) is 15.4. The van der Waals surface area contributed by atoms with E-state index in [1.54, 1.807) is 24.2 Å². The summed E-state index contributed by atoms with van der Waals surface area (Å²) >= 11 is 5.38. The fourth-order valence-corrected chi connectivity index (χ4v) is 3.99. The first-order valence-corrected chi connectivity index (χ1v) is 11.8. The third-order valence-corrected chi connectivity index (χ3v) is 5.79. The molecule has 1 fully saturated rings. The van der Waals surface area contributed by atoms with E-state index in [-0.39, 0.29) is 24.0 Å². The van der Waals surface area contributed by atoms with Crippen molar-refractivity contribution in [1.82, 2.24) is 15.5 Å². The first-order chi connectivity index (χ1) is 17.0. The molecule has 3 rings (SSSR count). The molecule has 8 nitrogen and oxygen atoms in total. The Morgan fingerprint density at radius 3 is 2.69 bits per heavy atom. The molecule has 0 aliphatic carbocycles. The lowest BCUT2D eigenvalue weighted by atomic mass is 10.1. The second-order valence-corrected chi connectivity index (χ2v) is 8.27. The Labute approximate surface area is 210 Å². The third kappa shape index (κ3) is 7.92. The van der Waals surface area contributed by atoms with Crippen LogP contribution in [-0.2, 0) is 25.5 Å². The number of thiocarbonyl (C=S) groups is 1. The number of esters is 1. The lowest BCUT2D eigenvalue weighted by molar-refractivity contribution is -0.147. The topological polar surface area (TPSA) is 97.0 Å². The van der Waals surface area contributed by atoms with Crippen molar-refractivity contribution in [2.24, 2.45) is 0 Å². The van der Waals surface area contributed by atoms with Gasteiger partial charge in [0.15, 0.2) is 5.11 Å². The first-order valence-electron chi connectivity index (χ1n) is 11.4. The van der Waals surface area contributed by atoms with Crippen LogP contribution in [0, 0.1) is 0 Å². The standard InChI is InChI=1S/C26H29N3O5S/c1-33-22-12-6-5-11-20(22)13-14-23(30)28-26(35)29-16-15-27-25(32)21(29)18-24(31)34-17-7-10-19-8-3-2-4-9-19/h2-6,8-9,11-14,21H,7,10,15-18H2,1H3,(H,27,32)(H,28,30,35)/b14-13+. The number of hydrogen-bond acceptors (Lipinski definition) is 6. The highest BCUT2D eigenvalue weighted by Gasteiger charge is 2.34. The molecule has 2 aromatic rings. The van der Waals surface area contributed by atoms with Crippen LogP contribution in [0.1, 0.15) is 24.0 Å². The van der Waals surface area contributed by atoms with Gasteiger partial charge in [-0.2, -0.15) is 0 Å². The maximum Gasteiger partial charge on any atom is 0.308 e. The Kier molecular flexibility index (Phi) is 9.80. The number of benzene rings is 2. The Balaban J connectivity index is 1.51. The number of para-hydroxylation sites is 1. The van der Waals surface area contributed by atoms with Gasteiger partial charge in [0.25, 0.3) is 0 Å². The molecule has 35 heavy (non-hydrogen) atoms. The van der Waals surface area contributed by atoms with E-state index < -0.39 is 17.9 Å². The quantitative estimate of drug-likeness (QED) is 0.239. The number of hydrogen-bond donors (Lipinski definition) is 2. The van der Waals surface area contributed by atoms with E-state index in [9.17, 15) is 14.4 Å². The summed E-state index contributed by atoms with van der Waals surface area (Å²) < 4.78 is 10.6. The van der Waals surface area contributed by atoms with E-state index in [4.69, 9.17) is 21.7 Å². The summed E-state index contributed by atoms with van der Waals surface area (Å²) in [6, 6.07) is 16.4. The summed E-state index contributed by atoms with van der Waals surface area (Å²) in [4.78, 5) is 38.8. The molecule has 0 aromatic heterocycles. The Hall–Kier alpha value is -3.72. The van der Waals surface area contributed by atoms with Crippen molar-refractivity contribution >= 4 is 41.2 Å². The van der Waals surface area contributed by atoms with Crippen molar-refractivity contribution in [2.45, 2.75) is 25.3 Å². The molecule has 2 amide bonds. The molecule has 1 atom stereocenters. The monoisotopic (exact) mass is 495 g/mol. The Bertz CT molecular complexity index is 1070. The number of methoxy groups -OCH3 is 1. The van der Waals surface area contributed by atoms with E-state index in [2.05, 4.69) is 10.6 Å². The minimum atomic E-state index is -0.851. The molecular formula is C26H29N3O5S. The van der Waals surface area contributed by atoms with E-state index in [0.29, 0.717) is 25.3 Å². The van der Waals surface area contributed by atoms with Gasteiger partial charge in [-0.05, 0) is 42.8 Å². The van der Waals surface area contributed by atoms with Crippen LogP contribution in [0.5, 0.6) is 5.75 Å². The minimum absolute atomic E-state index is 0.0800. The summed E-state index contributed by atoms with van der Waals surface area (Å²) in [5.74, 6) is -0.641. The predicted molar refractivity (Wildman–Crippen MR) is 137 cm³/mol. The average Bonchev–Trinajstić information content (AvgIpc) is 2.87. The van der Waals surface area contributed by atoms with E-state index >= 15 is 0 Å². The summed E-state index contributed by atoms with van der Waals surface area (Å²) in [5.41, 5.74) is 1.91. The third-order valence-electron chi connectivity index (χ3n) is 5.45. The summed E-state index contributed by atoms with van der Waals surface area (Å²) in [5, 5.41) is 5.43. The molecule has 1 aliphatic heterocycles. The second-order valence-electron chi connectivity index (χ2n) is 7.88. The molecule has 0 radical (unpaired) electrons. The van der Waals surface area contributed by atoms with Crippen molar-refractivity contribution in [2.75, 3.05) is 26.8 Å². The number of aryl methyl sites for hydroxylation is 1. The molecule has 184 valence electrons. The van der Waals surface area contributed by atoms with Crippen molar-refractivity contribution < 1.29 is 23.9 Å². The van der Waals surface area contributed by atoms with Gasteiger partial charge in [0.05, 0.1) is 20.1 Å². The first kappa shape index (κ1) is 25.9. The van der Waals surface area contributed by atoms with Crippen molar-refractivity contribution in [3.05, 3.63) is 71.8 Å². The lowest BCUT2D eigenvalue weighted by Crippen LogP contribution is -2.60. The van der Waals surface area contributed by atoms with Gasteiger partial charge in [-0.25, -0.2) is 0 Å². The van der Waals surface area contributed by atoms with Gasteiger partial charge >= 0.3 is 5.97 Å². The smallest absolute Gasteiger partial charge is 0.308 e. The average molecular weight is 496 g/mol. The van der Waals surface area contributed by atoms with Gasteiger partial charge in [-0.15, -0.1) is 0 Å². The fourth-order valence-electron chi connectivity index (χ4n) is 3.67. The highest BCUT2D eigenvalue weighted by Crippen LogP contribution is 2.18. The molecule has 0 bridgehead atoms. The zero-order valence-corrected chi connectivity index (χ0v) is 20.4. The second kappa shape index (κ2) is 13.2. The number of piperazine rings is 1. The fraction of sp³-hybridized carbons (Fsp3) is 0.308. The van der Waals surface area contributed by atoms with Crippen molar-refractivity contribution in [3.63, 3.8) is 0 Å². The SMILES string of the molecule is COc1ccccc1/C=C/C(=O)NC(=S)N1CCNC(=O)C1CC(=O)OCCCc1ccccc1. The Morgan fingerprint density at radius 1 is 1.17 bits per heavy atom. The van der Waals surface area contributed by atoms with E-state index in [0.717, 1.165) is 12.0 Å². The van der Waals surface area contributed by atoms with Gasteiger partial charge in [0.2, 0.25) is 11.8 Å². The van der Waals surface area contributed by atoms with Crippen molar-refractivity contribution in [3.8, 4) is 5.75 Å². The van der Waals surface area contributed by atoms with Gasteiger partial charge in [-0.1, -0.05) is 48.5 Å². The van der Waals surface area contributed by atoms with Crippen LogP contribution in [0.3, 0.4) is 0 Å². The molecular weight excluding hydrogens is 466 g/mol. The van der Waals surface area contributed by atoms with E-state index in [1.165, 1.54) is 11.6 Å². The van der Waals surface area contributed by atoms with Crippen LogP contribution < -0.4 is 15.4 Å². The molecule has 0 saturated carbocycles. The summed E-state index contributed by atoms with van der Waals surface area (Å²) in [7, 11) is 1.55. The molecule has 1 saturated heterocycles. The number of nitrogens with one attached hydrogen (secondary N) is 2. The molecule has 1 unspecified atom stereocenters. The number of rotatable bonds is 9. The summed E-state index contributed by atoms with van der Waals surface area (Å²) in [6.45, 7) is 0.985. The molecule has 2 aromatic carbocycles. The van der Waals surface area contributed by atoms with E-state index in [1.807, 2.05) is 48.5 Å². The van der Waals surface area contributed by atoms with Gasteiger partial charge in [0.1, 0.15) is 11.8 Å². The minimum Gasteiger partial charge on any atom is -0.496 e. The van der Waals surface area contributed by atoms with Crippen LogP contribution in [0.2, 0.25) is 0 Å².